The molecule has 4 heteroatoms. The highest BCUT2D eigenvalue weighted by molar-refractivity contribution is 5.82. The predicted molar refractivity (Wildman–Crippen MR) is 73.2 cm³/mol. The first kappa shape index (κ1) is 13.7. The van der Waals surface area contributed by atoms with E-state index in [0.29, 0.717) is 0 Å². The molecule has 0 radical (unpaired) electrons. The Morgan fingerprint density at radius 2 is 1.15 bits per heavy atom. The van der Waals surface area contributed by atoms with Gasteiger partial charge >= 0.3 is 11.9 Å². The van der Waals surface area contributed by atoms with E-state index in [2.05, 4.69) is 0 Å². The smallest absolute Gasteiger partial charge is 0.308 e. The van der Waals surface area contributed by atoms with E-state index in [1.165, 1.54) is 11.1 Å². The number of hydrogen-bond donors (Lipinski definition) is 2. The summed E-state index contributed by atoms with van der Waals surface area (Å²) in [4.78, 5) is 23.4. The van der Waals surface area contributed by atoms with Crippen LogP contribution in [0.5, 0.6) is 0 Å². The van der Waals surface area contributed by atoms with E-state index in [1.807, 2.05) is 0 Å². The first-order valence-corrected chi connectivity index (χ1v) is 7.78. The summed E-state index contributed by atoms with van der Waals surface area (Å²) in [6.45, 7) is 0. The van der Waals surface area contributed by atoms with Crippen molar-refractivity contribution < 1.29 is 19.8 Å². The van der Waals surface area contributed by atoms with Gasteiger partial charge in [0, 0.05) is 0 Å². The minimum atomic E-state index is -0.911. The minimum absolute atomic E-state index is 0.0216. The summed E-state index contributed by atoms with van der Waals surface area (Å²) in [6.07, 6.45) is 8.01. The van der Waals surface area contributed by atoms with Crippen LogP contribution in [-0.4, -0.2) is 22.2 Å². The standard InChI is InChI=1S/C16H22O4/c17-15(18)13-11-7-3-1-5-9(11)10-6-2-4-8-12(10)14(13)16(19)20/h11-14H,1-8H2,(H,17,18)(H,19,20)/t11?,12?,13-,14+. The average molecular weight is 278 g/mol. The Kier molecular flexibility index (Phi) is 3.57. The Balaban J connectivity index is 2.09. The SMILES string of the molecule is O=C(O)[C@@H]1C2CCCCC2=C2CCCCC2[C@@H]1C(=O)O. The van der Waals surface area contributed by atoms with Crippen molar-refractivity contribution in [2.24, 2.45) is 23.7 Å². The summed E-state index contributed by atoms with van der Waals surface area (Å²) in [7, 11) is 0. The highest BCUT2D eigenvalue weighted by atomic mass is 16.4. The van der Waals surface area contributed by atoms with Gasteiger partial charge in [0.25, 0.3) is 0 Å². The predicted octanol–water partition coefficient (Wildman–Crippen LogP) is 3.08. The van der Waals surface area contributed by atoms with Crippen LogP contribution in [0.1, 0.15) is 51.4 Å². The van der Waals surface area contributed by atoms with Crippen molar-refractivity contribution in [3.63, 3.8) is 0 Å². The largest absolute Gasteiger partial charge is 0.481 e. The Morgan fingerprint density at radius 3 is 1.50 bits per heavy atom. The van der Waals surface area contributed by atoms with Gasteiger partial charge in [-0.3, -0.25) is 9.59 Å². The lowest BCUT2D eigenvalue weighted by atomic mass is 9.57. The molecule has 3 rings (SSSR count). The third-order valence-corrected chi connectivity index (χ3v) is 5.55. The summed E-state index contributed by atoms with van der Waals surface area (Å²) in [5.41, 5.74) is 2.65. The molecule has 0 aromatic heterocycles. The van der Waals surface area contributed by atoms with Gasteiger partial charge in [-0.2, -0.15) is 0 Å². The Labute approximate surface area is 118 Å². The fraction of sp³-hybridized carbons (Fsp3) is 0.750. The molecule has 2 unspecified atom stereocenters. The Hall–Kier alpha value is -1.32. The van der Waals surface area contributed by atoms with Crippen LogP contribution in [0.4, 0.5) is 0 Å². The van der Waals surface area contributed by atoms with Gasteiger partial charge in [-0.1, -0.05) is 24.0 Å². The number of allylic oxidation sites excluding steroid dienone is 2. The number of carbonyl (C=O) groups is 2. The fourth-order valence-corrected chi connectivity index (χ4v) is 4.82. The molecule has 3 aliphatic rings. The number of carboxylic acid groups (broad SMARTS) is 2. The second-order valence-electron chi connectivity index (χ2n) is 6.48. The molecule has 3 aliphatic carbocycles. The zero-order valence-electron chi connectivity index (χ0n) is 11.7. The molecule has 0 heterocycles. The zero-order chi connectivity index (χ0) is 14.3. The van der Waals surface area contributed by atoms with Crippen molar-refractivity contribution in [2.45, 2.75) is 51.4 Å². The summed E-state index contributed by atoms with van der Waals surface area (Å²) >= 11 is 0. The molecular formula is C16H22O4. The minimum Gasteiger partial charge on any atom is -0.481 e. The van der Waals surface area contributed by atoms with Gasteiger partial charge in [-0.25, -0.2) is 0 Å². The van der Waals surface area contributed by atoms with Crippen LogP contribution in [0, 0.1) is 23.7 Å². The van der Waals surface area contributed by atoms with Gasteiger partial charge in [0.15, 0.2) is 0 Å². The van der Waals surface area contributed by atoms with Crippen molar-refractivity contribution in [3.8, 4) is 0 Å². The first-order valence-electron chi connectivity index (χ1n) is 7.78. The molecule has 4 atom stereocenters. The molecule has 0 saturated heterocycles. The second-order valence-corrected chi connectivity index (χ2v) is 6.48. The van der Waals surface area contributed by atoms with Crippen molar-refractivity contribution in [2.75, 3.05) is 0 Å². The van der Waals surface area contributed by atoms with Crippen molar-refractivity contribution in [3.05, 3.63) is 11.1 Å². The quantitative estimate of drug-likeness (QED) is 0.761. The van der Waals surface area contributed by atoms with Gasteiger partial charge in [0.2, 0.25) is 0 Å². The number of rotatable bonds is 2. The molecule has 2 saturated carbocycles. The van der Waals surface area contributed by atoms with Crippen LogP contribution in [-0.2, 0) is 9.59 Å². The van der Waals surface area contributed by atoms with Crippen LogP contribution in [0.15, 0.2) is 11.1 Å². The zero-order valence-corrected chi connectivity index (χ0v) is 11.7. The molecule has 0 bridgehead atoms. The highest BCUT2D eigenvalue weighted by Gasteiger charge is 2.51. The lowest BCUT2D eigenvalue weighted by molar-refractivity contribution is -0.159. The topological polar surface area (TPSA) is 74.6 Å². The van der Waals surface area contributed by atoms with Crippen LogP contribution in [0.3, 0.4) is 0 Å². The first-order chi connectivity index (χ1) is 9.61. The maximum absolute atomic E-state index is 11.7. The number of hydrogen-bond acceptors (Lipinski definition) is 2. The number of fused-ring (bicyclic) bond motifs is 2. The maximum atomic E-state index is 11.7. The van der Waals surface area contributed by atoms with Crippen molar-refractivity contribution in [1.29, 1.82) is 0 Å². The summed E-state index contributed by atoms with van der Waals surface area (Å²) in [5.74, 6) is -3.29. The normalized spacial score (nSPS) is 37.0. The van der Waals surface area contributed by atoms with Crippen molar-refractivity contribution in [1.82, 2.24) is 0 Å². The van der Waals surface area contributed by atoms with E-state index in [4.69, 9.17) is 0 Å². The molecule has 4 nitrogen and oxygen atoms in total. The lowest BCUT2D eigenvalue weighted by Gasteiger charge is -2.46. The fourth-order valence-electron chi connectivity index (χ4n) is 4.82. The van der Waals surface area contributed by atoms with E-state index >= 15 is 0 Å². The summed E-state index contributed by atoms with van der Waals surface area (Å²) < 4.78 is 0. The van der Waals surface area contributed by atoms with Gasteiger partial charge in [0.05, 0.1) is 11.8 Å². The van der Waals surface area contributed by atoms with E-state index in [9.17, 15) is 19.8 Å². The van der Waals surface area contributed by atoms with E-state index in [0.717, 1.165) is 51.4 Å². The van der Waals surface area contributed by atoms with Crippen LogP contribution in [0.2, 0.25) is 0 Å². The van der Waals surface area contributed by atoms with Gasteiger partial charge in [-0.15, -0.1) is 0 Å². The molecular weight excluding hydrogens is 256 g/mol. The van der Waals surface area contributed by atoms with E-state index < -0.39 is 23.8 Å². The summed E-state index contributed by atoms with van der Waals surface area (Å²) in [6, 6.07) is 0. The average Bonchev–Trinajstić information content (AvgIpc) is 2.45. The monoisotopic (exact) mass is 278 g/mol. The third kappa shape index (κ3) is 2.05. The summed E-state index contributed by atoms with van der Waals surface area (Å²) in [5, 5.41) is 19.2. The molecule has 2 fully saturated rings. The molecule has 0 aromatic carbocycles. The van der Waals surface area contributed by atoms with Gasteiger partial charge < -0.3 is 10.2 Å². The molecule has 0 aromatic rings. The van der Waals surface area contributed by atoms with Crippen LogP contribution < -0.4 is 0 Å². The molecule has 2 N–H and O–H groups in total. The molecule has 0 amide bonds. The van der Waals surface area contributed by atoms with E-state index in [-0.39, 0.29) is 11.8 Å². The highest BCUT2D eigenvalue weighted by Crippen LogP contribution is 2.52. The molecule has 20 heavy (non-hydrogen) atoms. The third-order valence-electron chi connectivity index (χ3n) is 5.55. The van der Waals surface area contributed by atoms with Gasteiger partial charge in [0.1, 0.15) is 0 Å². The Morgan fingerprint density at radius 1 is 0.750 bits per heavy atom. The van der Waals surface area contributed by atoms with Crippen LogP contribution >= 0.6 is 0 Å². The maximum Gasteiger partial charge on any atom is 0.308 e. The Bertz CT molecular complexity index is 423. The van der Waals surface area contributed by atoms with Gasteiger partial charge in [-0.05, 0) is 50.4 Å². The van der Waals surface area contributed by atoms with Crippen molar-refractivity contribution >= 4 is 11.9 Å². The second kappa shape index (κ2) is 5.23. The lowest BCUT2D eigenvalue weighted by Crippen LogP contribution is -2.46. The number of aliphatic carboxylic acids is 2. The van der Waals surface area contributed by atoms with E-state index in [1.54, 1.807) is 0 Å². The number of carboxylic acids is 2. The molecule has 0 spiro atoms. The van der Waals surface area contributed by atoms with Crippen LogP contribution in [0.25, 0.3) is 0 Å². The molecule has 0 aliphatic heterocycles. The molecule has 110 valence electrons.